The first-order valence-corrected chi connectivity index (χ1v) is 10.2. The van der Waals surface area contributed by atoms with Crippen LogP contribution in [0.25, 0.3) is 0 Å². The van der Waals surface area contributed by atoms with Crippen molar-refractivity contribution in [3.63, 3.8) is 0 Å². The van der Waals surface area contributed by atoms with Crippen LogP contribution in [0.1, 0.15) is 50.3 Å². The number of nitrogens with one attached hydrogen (secondary N) is 1. The Kier molecular flexibility index (Phi) is 6.08. The van der Waals surface area contributed by atoms with Gasteiger partial charge in [0.1, 0.15) is 0 Å². The number of urea groups is 1. The zero-order chi connectivity index (χ0) is 19.4. The van der Waals surface area contributed by atoms with Crippen LogP contribution in [0.15, 0.2) is 18.2 Å². The molecule has 27 heavy (non-hydrogen) atoms. The minimum absolute atomic E-state index is 0.0216. The van der Waals surface area contributed by atoms with Gasteiger partial charge in [0.15, 0.2) is 0 Å². The van der Waals surface area contributed by atoms with Crippen molar-refractivity contribution in [1.82, 2.24) is 15.1 Å². The molecule has 0 atom stereocenters. The molecule has 1 N–H and O–H groups in total. The van der Waals surface area contributed by atoms with Gasteiger partial charge in [0.2, 0.25) is 5.91 Å². The lowest BCUT2D eigenvalue weighted by atomic mass is 9.90. The monoisotopic (exact) mass is 371 g/mol. The molecule has 1 aliphatic carbocycles. The molecule has 5 nitrogen and oxygen atoms in total. The van der Waals surface area contributed by atoms with Crippen LogP contribution in [0.4, 0.5) is 4.79 Å². The first-order valence-electron chi connectivity index (χ1n) is 10.2. The molecule has 1 fully saturated rings. The van der Waals surface area contributed by atoms with Gasteiger partial charge >= 0.3 is 6.03 Å². The van der Waals surface area contributed by atoms with Crippen LogP contribution in [-0.4, -0.2) is 54.5 Å². The van der Waals surface area contributed by atoms with E-state index >= 15 is 0 Å². The van der Waals surface area contributed by atoms with E-state index in [9.17, 15) is 9.59 Å². The fourth-order valence-electron chi connectivity index (χ4n) is 3.79. The van der Waals surface area contributed by atoms with E-state index < -0.39 is 0 Å². The third-order valence-corrected chi connectivity index (χ3v) is 5.46. The molecule has 5 heteroatoms. The number of benzene rings is 1. The first kappa shape index (κ1) is 19.7. The fraction of sp³-hybridized carbons (Fsp3) is 0.636. The average molecular weight is 372 g/mol. The van der Waals surface area contributed by atoms with Gasteiger partial charge in [-0.15, -0.1) is 0 Å². The molecule has 1 aromatic carbocycles. The Labute approximate surface area is 163 Å². The highest BCUT2D eigenvalue weighted by Crippen LogP contribution is 2.22. The Morgan fingerprint density at radius 1 is 0.963 bits per heavy atom. The topological polar surface area (TPSA) is 52.7 Å². The van der Waals surface area contributed by atoms with E-state index in [1.165, 1.54) is 30.4 Å². The van der Waals surface area contributed by atoms with Gasteiger partial charge in [-0.3, -0.25) is 4.79 Å². The molecule has 0 unspecified atom stereocenters. The molecule has 1 aliphatic heterocycles. The van der Waals surface area contributed by atoms with Crippen LogP contribution < -0.4 is 5.32 Å². The molecule has 0 radical (unpaired) electrons. The van der Waals surface area contributed by atoms with Crippen molar-refractivity contribution in [2.24, 2.45) is 5.41 Å². The van der Waals surface area contributed by atoms with Gasteiger partial charge in [-0.05, 0) is 47.8 Å². The number of fused-ring (bicyclic) bond motifs is 1. The number of aryl methyl sites for hydroxylation is 2. The van der Waals surface area contributed by atoms with Gasteiger partial charge in [-0.25, -0.2) is 4.79 Å². The lowest BCUT2D eigenvalue weighted by molar-refractivity contribution is -0.131. The molecule has 3 amide bonds. The summed E-state index contributed by atoms with van der Waals surface area (Å²) in [4.78, 5) is 28.6. The summed E-state index contributed by atoms with van der Waals surface area (Å²) in [6.45, 7) is 9.40. The van der Waals surface area contributed by atoms with Crippen LogP contribution in [0.5, 0.6) is 0 Å². The zero-order valence-corrected chi connectivity index (χ0v) is 17.0. The van der Waals surface area contributed by atoms with Gasteiger partial charge in [0.25, 0.3) is 0 Å². The Hall–Kier alpha value is -2.04. The second kappa shape index (κ2) is 8.32. The molecule has 148 valence electrons. The van der Waals surface area contributed by atoms with Gasteiger partial charge in [-0.2, -0.15) is 0 Å². The zero-order valence-electron chi connectivity index (χ0n) is 17.0. The first-order chi connectivity index (χ1) is 12.8. The second-order valence-electron chi connectivity index (χ2n) is 9.07. The van der Waals surface area contributed by atoms with Crippen molar-refractivity contribution in [2.45, 2.75) is 52.9 Å². The summed E-state index contributed by atoms with van der Waals surface area (Å²) < 4.78 is 0. The number of carbonyl (C=O) groups is 2. The number of hydrogen-bond acceptors (Lipinski definition) is 2. The minimum atomic E-state index is -0.0216. The molecule has 0 saturated carbocycles. The molecular weight excluding hydrogens is 338 g/mol. The molecular formula is C22H33N3O2. The third-order valence-electron chi connectivity index (χ3n) is 5.46. The van der Waals surface area contributed by atoms with Crippen LogP contribution in [-0.2, 0) is 24.1 Å². The van der Waals surface area contributed by atoms with Crippen LogP contribution in [0, 0.1) is 5.41 Å². The Balaban J connectivity index is 1.48. The lowest BCUT2D eigenvalue weighted by Crippen LogP contribution is -2.54. The number of rotatable bonds is 3. The summed E-state index contributed by atoms with van der Waals surface area (Å²) in [5.74, 6) is 0.167. The molecule has 0 spiro atoms. The number of hydrogen-bond donors (Lipinski definition) is 1. The summed E-state index contributed by atoms with van der Waals surface area (Å²) in [7, 11) is 0. The van der Waals surface area contributed by atoms with E-state index in [4.69, 9.17) is 0 Å². The van der Waals surface area contributed by atoms with Crippen LogP contribution in [0.2, 0.25) is 0 Å². The number of carbonyl (C=O) groups excluding carboxylic acids is 2. The summed E-state index contributed by atoms with van der Waals surface area (Å²) in [5, 5.41) is 2.99. The largest absolute Gasteiger partial charge is 0.339 e. The maximum absolute atomic E-state index is 12.7. The average Bonchev–Trinajstić information content (AvgIpc) is 2.65. The van der Waals surface area contributed by atoms with E-state index in [0.717, 1.165) is 12.0 Å². The van der Waals surface area contributed by atoms with Crippen LogP contribution >= 0.6 is 0 Å². The second-order valence-corrected chi connectivity index (χ2v) is 9.07. The predicted octanol–water partition coefficient (Wildman–Crippen LogP) is 3.01. The quantitative estimate of drug-likeness (QED) is 0.888. The third kappa shape index (κ3) is 5.47. The van der Waals surface area contributed by atoms with E-state index in [-0.39, 0.29) is 17.4 Å². The molecule has 1 heterocycles. The summed E-state index contributed by atoms with van der Waals surface area (Å²) >= 11 is 0. The summed E-state index contributed by atoms with van der Waals surface area (Å²) in [6.07, 6.45) is 5.30. The number of piperazine rings is 1. The smallest absolute Gasteiger partial charge is 0.317 e. The molecule has 1 aromatic rings. The van der Waals surface area contributed by atoms with E-state index in [1.807, 2.05) is 9.80 Å². The van der Waals surface area contributed by atoms with Crippen molar-refractivity contribution >= 4 is 11.9 Å². The van der Waals surface area contributed by atoms with E-state index in [0.29, 0.717) is 39.1 Å². The van der Waals surface area contributed by atoms with Gasteiger partial charge < -0.3 is 15.1 Å². The molecule has 0 aromatic heterocycles. The highest BCUT2D eigenvalue weighted by Gasteiger charge is 2.25. The molecule has 3 rings (SSSR count). The van der Waals surface area contributed by atoms with Crippen molar-refractivity contribution in [3.8, 4) is 0 Å². The molecule has 0 bridgehead atoms. The summed E-state index contributed by atoms with van der Waals surface area (Å²) in [6, 6.07) is 6.52. The Morgan fingerprint density at radius 2 is 1.59 bits per heavy atom. The maximum atomic E-state index is 12.7. The van der Waals surface area contributed by atoms with Crippen molar-refractivity contribution in [1.29, 1.82) is 0 Å². The predicted molar refractivity (Wildman–Crippen MR) is 108 cm³/mol. The normalized spacial score (nSPS) is 17.4. The Morgan fingerprint density at radius 3 is 2.26 bits per heavy atom. The van der Waals surface area contributed by atoms with Gasteiger partial charge in [0, 0.05) is 32.7 Å². The number of nitrogens with zero attached hydrogens (tertiary/aromatic N) is 2. The van der Waals surface area contributed by atoms with E-state index in [1.54, 1.807) is 0 Å². The van der Waals surface area contributed by atoms with Crippen molar-refractivity contribution in [2.75, 3.05) is 32.7 Å². The molecule has 2 aliphatic rings. The standard InChI is InChI=1S/C22H33N3O2/c1-22(2,3)16-23-21(27)25-12-10-24(11-13-25)20(26)15-17-8-9-18-6-4-5-7-19(18)14-17/h8-9,14H,4-7,10-13,15-16H2,1-3H3,(H,23,27). The van der Waals surface area contributed by atoms with E-state index in [2.05, 4.69) is 44.3 Å². The highest BCUT2D eigenvalue weighted by atomic mass is 16.2. The minimum Gasteiger partial charge on any atom is -0.339 e. The fourth-order valence-corrected chi connectivity index (χ4v) is 3.79. The molecule has 1 saturated heterocycles. The number of amides is 3. The van der Waals surface area contributed by atoms with Gasteiger partial charge in [0.05, 0.1) is 6.42 Å². The highest BCUT2D eigenvalue weighted by molar-refractivity contribution is 5.79. The Bertz CT molecular complexity index is 685. The van der Waals surface area contributed by atoms with Crippen molar-refractivity contribution < 1.29 is 9.59 Å². The lowest BCUT2D eigenvalue weighted by Gasteiger charge is -2.35. The van der Waals surface area contributed by atoms with Crippen molar-refractivity contribution in [3.05, 3.63) is 34.9 Å². The summed E-state index contributed by atoms with van der Waals surface area (Å²) in [5.41, 5.74) is 4.06. The SMILES string of the molecule is CC(C)(C)CNC(=O)N1CCN(C(=O)Cc2ccc3c(c2)CCCC3)CC1. The van der Waals surface area contributed by atoms with Crippen LogP contribution in [0.3, 0.4) is 0 Å². The van der Waals surface area contributed by atoms with Gasteiger partial charge in [-0.1, -0.05) is 39.0 Å². The maximum Gasteiger partial charge on any atom is 0.317 e.